The lowest BCUT2D eigenvalue weighted by molar-refractivity contribution is -0.118. The first kappa shape index (κ1) is 17.3. The number of hydrogen-bond donors (Lipinski definition) is 2. The third-order valence-corrected chi connectivity index (χ3v) is 5.02. The van der Waals surface area contributed by atoms with Gasteiger partial charge in [-0.2, -0.15) is 0 Å². The van der Waals surface area contributed by atoms with E-state index in [4.69, 9.17) is 4.74 Å². The molecule has 0 aliphatic carbocycles. The Labute approximate surface area is 159 Å². The third-order valence-electron chi connectivity index (χ3n) is 4.20. The topological polar surface area (TPSA) is 97.4 Å². The highest BCUT2D eigenvalue weighted by Gasteiger charge is 2.27. The molecule has 3 heterocycles. The molecule has 0 saturated carbocycles. The summed E-state index contributed by atoms with van der Waals surface area (Å²) in [7, 11) is 0. The molecule has 1 unspecified atom stereocenters. The summed E-state index contributed by atoms with van der Waals surface area (Å²) >= 11 is 0.714. The van der Waals surface area contributed by atoms with Crippen LogP contribution in [0.5, 0.6) is 5.75 Å². The highest BCUT2D eigenvalue weighted by Crippen LogP contribution is 2.32. The summed E-state index contributed by atoms with van der Waals surface area (Å²) in [6.45, 7) is 0.305. The number of imide groups is 1. The van der Waals surface area contributed by atoms with Gasteiger partial charge in [0, 0.05) is 30.5 Å². The quantitative estimate of drug-likeness (QED) is 0.787. The highest BCUT2D eigenvalue weighted by atomic mass is 32.2. The Kier molecular flexibility index (Phi) is 4.64. The second kappa shape index (κ2) is 7.24. The molecule has 1 aromatic carbocycles. The summed E-state index contributed by atoms with van der Waals surface area (Å²) in [5.41, 5.74) is 3.17. The van der Waals surface area contributed by atoms with Crippen molar-refractivity contribution in [3.63, 3.8) is 0 Å². The van der Waals surface area contributed by atoms with Crippen molar-refractivity contribution >= 4 is 28.8 Å². The number of rotatable bonds is 4. The van der Waals surface area contributed by atoms with Crippen LogP contribution in [0.2, 0.25) is 0 Å². The highest BCUT2D eigenvalue weighted by molar-refractivity contribution is 8.18. The number of hydrogen-bond acceptors (Lipinski definition) is 6. The Morgan fingerprint density at radius 1 is 1.33 bits per heavy atom. The average molecular weight is 381 g/mol. The second-order valence-electron chi connectivity index (χ2n) is 6.11. The number of ether oxygens (including phenoxy) is 1. The van der Waals surface area contributed by atoms with E-state index in [1.165, 1.54) is 0 Å². The predicted octanol–water partition coefficient (Wildman–Crippen LogP) is 2.04. The predicted molar refractivity (Wildman–Crippen MR) is 100 cm³/mol. The lowest BCUT2D eigenvalue weighted by Crippen LogP contribution is -2.33. The standard InChI is InChI=1S/C19H15N3O4S/c23-17(8-16-18(24)22-19(25)27-16)21-10-14-7-13-6-11(3-4-15(13)26-14)12-2-1-5-20-9-12/h1-6,8-9,14H,7,10H2,(H,21,23)(H,22,24,25)/b16-8-. The van der Waals surface area contributed by atoms with Crippen LogP contribution in [-0.2, 0) is 16.0 Å². The van der Waals surface area contributed by atoms with Gasteiger partial charge in [-0.05, 0) is 41.1 Å². The van der Waals surface area contributed by atoms with E-state index < -0.39 is 17.1 Å². The van der Waals surface area contributed by atoms with Gasteiger partial charge in [-0.1, -0.05) is 12.1 Å². The summed E-state index contributed by atoms with van der Waals surface area (Å²) in [6.07, 6.45) is 5.17. The Balaban J connectivity index is 1.36. The molecule has 2 N–H and O–H groups in total. The zero-order chi connectivity index (χ0) is 18.8. The van der Waals surface area contributed by atoms with Crippen LogP contribution in [0.1, 0.15) is 5.56 Å². The summed E-state index contributed by atoms with van der Waals surface area (Å²) < 4.78 is 5.87. The molecule has 2 aliphatic rings. The Morgan fingerprint density at radius 2 is 2.22 bits per heavy atom. The lowest BCUT2D eigenvalue weighted by atomic mass is 10.0. The SMILES string of the molecule is O=C(/C=C1\SC(=O)NC1=O)NCC1Cc2cc(-c3cccnc3)ccc2O1. The Morgan fingerprint density at radius 3 is 2.96 bits per heavy atom. The molecular weight excluding hydrogens is 366 g/mol. The normalized spacial score (nSPS) is 19.6. The van der Waals surface area contributed by atoms with Crippen molar-refractivity contribution in [2.45, 2.75) is 12.5 Å². The summed E-state index contributed by atoms with van der Waals surface area (Å²) in [5, 5.41) is 4.35. The Bertz CT molecular complexity index is 959. The van der Waals surface area contributed by atoms with Crippen LogP contribution in [0, 0.1) is 0 Å². The van der Waals surface area contributed by atoms with E-state index in [2.05, 4.69) is 21.7 Å². The number of nitrogens with zero attached hydrogens (tertiary/aromatic N) is 1. The van der Waals surface area contributed by atoms with Gasteiger partial charge < -0.3 is 10.1 Å². The van der Waals surface area contributed by atoms with Crippen LogP contribution in [-0.4, -0.2) is 34.7 Å². The summed E-state index contributed by atoms with van der Waals surface area (Å²) in [5.74, 6) is -0.179. The zero-order valence-electron chi connectivity index (χ0n) is 14.1. The van der Waals surface area contributed by atoms with Crippen LogP contribution >= 0.6 is 11.8 Å². The van der Waals surface area contributed by atoms with Gasteiger partial charge in [-0.3, -0.25) is 24.7 Å². The molecule has 3 amide bonds. The molecule has 7 nitrogen and oxygen atoms in total. The van der Waals surface area contributed by atoms with Gasteiger partial charge in [-0.15, -0.1) is 0 Å². The van der Waals surface area contributed by atoms with Gasteiger partial charge in [0.15, 0.2) is 0 Å². The number of fused-ring (bicyclic) bond motifs is 1. The van der Waals surface area contributed by atoms with Gasteiger partial charge in [0.1, 0.15) is 11.9 Å². The first-order valence-electron chi connectivity index (χ1n) is 8.31. The molecule has 1 fully saturated rings. The molecular formula is C19H15N3O4S. The summed E-state index contributed by atoms with van der Waals surface area (Å²) in [6, 6.07) is 9.86. The van der Waals surface area contributed by atoms with Gasteiger partial charge in [-0.25, -0.2) is 0 Å². The van der Waals surface area contributed by atoms with Crippen LogP contribution in [0.25, 0.3) is 11.1 Å². The number of thioether (sulfide) groups is 1. The molecule has 1 atom stereocenters. The van der Waals surface area contributed by atoms with E-state index in [-0.39, 0.29) is 11.0 Å². The van der Waals surface area contributed by atoms with Gasteiger partial charge >= 0.3 is 0 Å². The number of amides is 3. The first-order chi connectivity index (χ1) is 13.1. The largest absolute Gasteiger partial charge is 0.488 e. The van der Waals surface area contributed by atoms with Crippen molar-refractivity contribution in [1.29, 1.82) is 0 Å². The number of carbonyl (C=O) groups excluding carboxylic acids is 3. The van der Waals surface area contributed by atoms with Crippen LogP contribution in [0.4, 0.5) is 4.79 Å². The minimum atomic E-state index is -0.549. The summed E-state index contributed by atoms with van der Waals surface area (Å²) in [4.78, 5) is 38.7. The lowest BCUT2D eigenvalue weighted by Gasteiger charge is -2.10. The van der Waals surface area contributed by atoms with Crippen molar-refractivity contribution < 1.29 is 19.1 Å². The fourth-order valence-electron chi connectivity index (χ4n) is 2.95. The second-order valence-corrected chi connectivity index (χ2v) is 7.12. The van der Waals surface area contributed by atoms with E-state index in [0.717, 1.165) is 28.5 Å². The van der Waals surface area contributed by atoms with E-state index in [0.29, 0.717) is 24.7 Å². The van der Waals surface area contributed by atoms with Crippen molar-refractivity contribution in [1.82, 2.24) is 15.6 Å². The number of carbonyl (C=O) groups is 3. The maximum absolute atomic E-state index is 12.0. The number of pyridine rings is 1. The molecule has 4 rings (SSSR count). The molecule has 0 bridgehead atoms. The molecule has 8 heteroatoms. The van der Waals surface area contributed by atoms with Crippen molar-refractivity contribution in [3.8, 4) is 16.9 Å². The first-order valence-corrected chi connectivity index (χ1v) is 9.13. The molecule has 2 aliphatic heterocycles. The van der Waals surface area contributed by atoms with Gasteiger partial charge in [0.25, 0.3) is 11.1 Å². The molecule has 136 valence electrons. The van der Waals surface area contributed by atoms with E-state index in [9.17, 15) is 14.4 Å². The smallest absolute Gasteiger partial charge is 0.290 e. The van der Waals surface area contributed by atoms with E-state index >= 15 is 0 Å². The molecule has 0 radical (unpaired) electrons. The van der Waals surface area contributed by atoms with Gasteiger partial charge in [0.2, 0.25) is 5.91 Å². The third kappa shape index (κ3) is 3.85. The minimum absolute atomic E-state index is 0.0919. The maximum Gasteiger partial charge on any atom is 0.290 e. The maximum atomic E-state index is 12.0. The molecule has 1 saturated heterocycles. The van der Waals surface area contributed by atoms with Crippen LogP contribution < -0.4 is 15.4 Å². The number of benzene rings is 1. The minimum Gasteiger partial charge on any atom is -0.488 e. The van der Waals surface area contributed by atoms with Crippen LogP contribution in [0.15, 0.2) is 53.7 Å². The molecule has 2 aromatic rings. The average Bonchev–Trinajstić information content (AvgIpc) is 3.22. The fourth-order valence-corrected chi connectivity index (χ4v) is 3.61. The zero-order valence-corrected chi connectivity index (χ0v) is 14.9. The monoisotopic (exact) mass is 381 g/mol. The van der Waals surface area contributed by atoms with Crippen molar-refractivity contribution in [2.75, 3.05) is 6.54 Å². The van der Waals surface area contributed by atoms with Crippen molar-refractivity contribution in [2.24, 2.45) is 0 Å². The Hall–Kier alpha value is -3.13. The molecule has 1 aromatic heterocycles. The van der Waals surface area contributed by atoms with Crippen molar-refractivity contribution in [3.05, 3.63) is 59.3 Å². The molecule has 27 heavy (non-hydrogen) atoms. The fraction of sp³-hybridized carbons (Fsp3) is 0.158. The molecule has 0 spiro atoms. The van der Waals surface area contributed by atoms with E-state index in [1.807, 2.05) is 30.5 Å². The number of nitrogens with one attached hydrogen (secondary N) is 2. The number of aromatic nitrogens is 1. The van der Waals surface area contributed by atoms with E-state index in [1.54, 1.807) is 6.20 Å². The van der Waals surface area contributed by atoms with Gasteiger partial charge in [0.05, 0.1) is 11.4 Å². The van der Waals surface area contributed by atoms with Crippen LogP contribution in [0.3, 0.4) is 0 Å².